The normalized spacial score (nSPS) is 18.2. The molecule has 21 heavy (non-hydrogen) atoms. The first-order valence-corrected chi connectivity index (χ1v) is 7.10. The lowest BCUT2D eigenvalue weighted by molar-refractivity contribution is -0.139. The Morgan fingerprint density at radius 3 is 2.71 bits per heavy atom. The summed E-state index contributed by atoms with van der Waals surface area (Å²) < 4.78 is 14.9. The van der Waals surface area contributed by atoms with E-state index in [2.05, 4.69) is 4.98 Å². The van der Waals surface area contributed by atoms with E-state index < -0.39 is 0 Å². The average Bonchev–Trinajstić information content (AvgIpc) is 2.89. The first-order chi connectivity index (χ1) is 10.1. The van der Waals surface area contributed by atoms with Crippen molar-refractivity contribution >= 4 is 5.91 Å². The van der Waals surface area contributed by atoms with E-state index in [1.807, 2.05) is 23.3 Å². The second kappa shape index (κ2) is 5.31. The highest BCUT2D eigenvalue weighted by molar-refractivity contribution is 5.81. The Bertz CT molecular complexity index is 648. The molecule has 3 rings (SSSR count). The number of rotatable bonds is 3. The topological polar surface area (TPSA) is 38.1 Å². The van der Waals surface area contributed by atoms with Crippen LogP contribution < -0.4 is 0 Å². The van der Waals surface area contributed by atoms with Gasteiger partial charge >= 0.3 is 0 Å². The van der Waals surface area contributed by atoms with Crippen LogP contribution >= 0.6 is 0 Å². The second-order valence-electron chi connectivity index (χ2n) is 5.80. The second-order valence-corrected chi connectivity index (χ2v) is 5.80. The van der Waals surface area contributed by atoms with Gasteiger partial charge in [0.2, 0.25) is 5.91 Å². The third-order valence-corrected chi connectivity index (χ3v) is 3.88. The molecule has 0 saturated heterocycles. The van der Waals surface area contributed by atoms with Crippen LogP contribution in [-0.2, 0) is 17.9 Å². The van der Waals surface area contributed by atoms with Crippen LogP contribution in [-0.4, -0.2) is 20.4 Å². The van der Waals surface area contributed by atoms with Gasteiger partial charge in [0.1, 0.15) is 11.9 Å². The number of hydrogen-bond acceptors (Lipinski definition) is 2. The maximum absolute atomic E-state index is 13.0. The van der Waals surface area contributed by atoms with E-state index in [-0.39, 0.29) is 23.7 Å². The molecule has 5 heteroatoms. The van der Waals surface area contributed by atoms with Gasteiger partial charge in [0.05, 0.1) is 18.6 Å². The van der Waals surface area contributed by atoms with E-state index >= 15 is 0 Å². The van der Waals surface area contributed by atoms with Crippen molar-refractivity contribution in [3.05, 3.63) is 53.9 Å². The molecule has 1 unspecified atom stereocenters. The van der Waals surface area contributed by atoms with Crippen molar-refractivity contribution in [3.8, 4) is 0 Å². The lowest BCUT2D eigenvalue weighted by Gasteiger charge is -2.35. The monoisotopic (exact) mass is 287 g/mol. The number of carbonyl (C=O) groups is 1. The summed E-state index contributed by atoms with van der Waals surface area (Å²) in [5, 5.41) is 0. The zero-order valence-electron chi connectivity index (χ0n) is 12.2. The summed E-state index contributed by atoms with van der Waals surface area (Å²) in [5.41, 5.74) is 1.97. The van der Waals surface area contributed by atoms with Gasteiger partial charge in [0, 0.05) is 12.7 Å². The maximum Gasteiger partial charge on any atom is 0.246 e. The smallest absolute Gasteiger partial charge is 0.246 e. The number of carbonyl (C=O) groups excluding carboxylic acids is 1. The van der Waals surface area contributed by atoms with E-state index in [9.17, 15) is 9.18 Å². The summed E-state index contributed by atoms with van der Waals surface area (Å²) in [4.78, 5) is 18.7. The first-order valence-electron chi connectivity index (χ1n) is 7.10. The molecular weight excluding hydrogens is 269 g/mol. The van der Waals surface area contributed by atoms with Crippen molar-refractivity contribution in [3.63, 3.8) is 0 Å². The molecule has 0 spiro atoms. The predicted molar refractivity (Wildman–Crippen MR) is 76.8 cm³/mol. The Balaban J connectivity index is 1.87. The Morgan fingerprint density at radius 1 is 1.33 bits per heavy atom. The Hall–Kier alpha value is -2.17. The predicted octanol–water partition coefficient (Wildman–Crippen LogP) is 2.76. The van der Waals surface area contributed by atoms with Crippen LogP contribution in [0.1, 0.15) is 31.1 Å². The molecule has 1 aromatic heterocycles. The molecule has 0 bridgehead atoms. The standard InChI is InChI=1S/C16H18FN3O/c1-11(2)15-16(21)19(9-14-7-18-10-20(14)15)8-12-3-5-13(17)6-4-12/h3-7,10-11,15H,8-9H2,1-2H3. The van der Waals surface area contributed by atoms with Crippen LogP contribution in [0, 0.1) is 11.7 Å². The highest BCUT2D eigenvalue weighted by Crippen LogP contribution is 2.29. The van der Waals surface area contributed by atoms with Gasteiger partial charge in [-0.25, -0.2) is 9.37 Å². The molecule has 0 aliphatic carbocycles. The molecule has 110 valence electrons. The maximum atomic E-state index is 13.0. The quantitative estimate of drug-likeness (QED) is 0.870. The van der Waals surface area contributed by atoms with Crippen molar-refractivity contribution in [1.29, 1.82) is 0 Å². The minimum atomic E-state index is -0.262. The summed E-state index contributed by atoms with van der Waals surface area (Å²) in [6.07, 6.45) is 3.53. The van der Waals surface area contributed by atoms with Gasteiger partial charge in [-0.05, 0) is 23.6 Å². The molecule has 1 amide bonds. The molecule has 0 radical (unpaired) electrons. The van der Waals surface area contributed by atoms with Gasteiger partial charge in [0.25, 0.3) is 0 Å². The van der Waals surface area contributed by atoms with Gasteiger partial charge < -0.3 is 9.47 Å². The number of benzene rings is 1. The van der Waals surface area contributed by atoms with Crippen LogP contribution in [0.2, 0.25) is 0 Å². The van der Waals surface area contributed by atoms with Crippen molar-refractivity contribution < 1.29 is 9.18 Å². The molecule has 2 aromatic rings. The fraction of sp³-hybridized carbons (Fsp3) is 0.375. The van der Waals surface area contributed by atoms with Crippen molar-refractivity contribution in [2.45, 2.75) is 33.0 Å². The number of imidazole rings is 1. The molecule has 4 nitrogen and oxygen atoms in total. The van der Waals surface area contributed by atoms with Gasteiger partial charge in [-0.1, -0.05) is 26.0 Å². The van der Waals surface area contributed by atoms with Gasteiger partial charge in [-0.2, -0.15) is 0 Å². The fourth-order valence-electron chi connectivity index (χ4n) is 2.83. The minimum Gasteiger partial charge on any atom is -0.331 e. The van der Waals surface area contributed by atoms with Crippen molar-refractivity contribution in [2.24, 2.45) is 5.92 Å². The Labute approximate surface area is 123 Å². The van der Waals surface area contributed by atoms with Gasteiger partial charge in [-0.15, -0.1) is 0 Å². The zero-order valence-corrected chi connectivity index (χ0v) is 12.2. The summed E-state index contributed by atoms with van der Waals surface area (Å²) in [6, 6.07) is 6.08. The Kier molecular flexibility index (Phi) is 3.49. The van der Waals surface area contributed by atoms with E-state index in [1.54, 1.807) is 24.7 Å². The number of amides is 1. The number of nitrogens with zero attached hydrogens (tertiary/aromatic N) is 3. The van der Waals surface area contributed by atoms with Gasteiger partial charge in [0.15, 0.2) is 0 Å². The van der Waals surface area contributed by atoms with Crippen LogP contribution in [0.5, 0.6) is 0 Å². The largest absolute Gasteiger partial charge is 0.331 e. The molecule has 1 aliphatic rings. The lowest BCUT2D eigenvalue weighted by Crippen LogP contribution is -2.43. The van der Waals surface area contributed by atoms with Crippen LogP contribution in [0.25, 0.3) is 0 Å². The third-order valence-electron chi connectivity index (χ3n) is 3.88. The minimum absolute atomic E-state index is 0.0971. The number of hydrogen-bond donors (Lipinski definition) is 0. The molecule has 2 heterocycles. The number of halogens is 1. The van der Waals surface area contributed by atoms with E-state index in [0.717, 1.165) is 11.3 Å². The Morgan fingerprint density at radius 2 is 2.05 bits per heavy atom. The summed E-state index contributed by atoms with van der Waals surface area (Å²) in [7, 11) is 0. The molecule has 1 atom stereocenters. The fourth-order valence-corrected chi connectivity index (χ4v) is 2.83. The molecule has 0 fully saturated rings. The highest BCUT2D eigenvalue weighted by Gasteiger charge is 2.34. The van der Waals surface area contributed by atoms with Crippen molar-refractivity contribution in [1.82, 2.24) is 14.5 Å². The van der Waals surface area contributed by atoms with Crippen LogP contribution in [0.3, 0.4) is 0 Å². The SMILES string of the molecule is CC(C)C1C(=O)N(Cc2ccc(F)cc2)Cc2cncn21. The molecule has 1 aromatic carbocycles. The third kappa shape index (κ3) is 2.55. The number of fused-ring (bicyclic) bond motifs is 1. The van der Waals surface area contributed by atoms with Crippen molar-refractivity contribution in [2.75, 3.05) is 0 Å². The van der Waals surface area contributed by atoms with Crippen LogP contribution in [0.15, 0.2) is 36.8 Å². The van der Waals surface area contributed by atoms with Gasteiger partial charge in [-0.3, -0.25) is 4.79 Å². The summed E-state index contributed by atoms with van der Waals surface area (Å²) >= 11 is 0. The number of aromatic nitrogens is 2. The van der Waals surface area contributed by atoms with E-state index in [0.29, 0.717) is 13.1 Å². The van der Waals surface area contributed by atoms with Crippen LogP contribution in [0.4, 0.5) is 4.39 Å². The summed E-state index contributed by atoms with van der Waals surface area (Å²) in [6.45, 7) is 5.11. The average molecular weight is 287 g/mol. The lowest BCUT2D eigenvalue weighted by atomic mass is 9.99. The zero-order chi connectivity index (χ0) is 15.0. The first kappa shape index (κ1) is 13.8. The molecule has 0 saturated carbocycles. The highest BCUT2D eigenvalue weighted by atomic mass is 19.1. The van der Waals surface area contributed by atoms with E-state index in [4.69, 9.17) is 0 Å². The molecular formula is C16H18FN3O. The molecule has 0 N–H and O–H groups in total. The van der Waals surface area contributed by atoms with E-state index in [1.165, 1.54) is 12.1 Å². The molecule has 1 aliphatic heterocycles. The summed E-state index contributed by atoms with van der Waals surface area (Å²) in [5.74, 6) is 0.0307.